The third kappa shape index (κ3) is 2.05. The van der Waals surface area contributed by atoms with Crippen LogP contribution in [0.15, 0.2) is 11.2 Å². The molecule has 3 nitrogen and oxygen atoms in total. The predicted molar refractivity (Wildman–Crippen MR) is 54.0 cm³/mol. The maximum Gasteiger partial charge on any atom is 0.178 e. The minimum atomic E-state index is 0.0214. The number of hydrogen-bond donors (Lipinski definition) is 1. The van der Waals surface area contributed by atoms with E-state index in [-0.39, 0.29) is 5.78 Å². The lowest BCUT2D eigenvalue weighted by molar-refractivity contribution is 0.101. The van der Waals surface area contributed by atoms with Crippen molar-refractivity contribution in [3.63, 3.8) is 0 Å². The Morgan fingerprint density at radius 2 is 2.00 bits per heavy atom. The van der Waals surface area contributed by atoms with E-state index < -0.39 is 0 Å². The molecule has 1 aromatic rings. The molecule has 0 aliphatic carbocycles. The summed E-state index contributed by atoms with van der Waals surface area (Å²) in [6, 6.07) is 0. The molecule has 0 amide bonds. The van der Waals surface area contributed by atoms with Gasteiger partial charge in [-0.2, -0.15) is 0 Å². The first-order chi connectivity index (χ1) is 6.02. The molecule has 1 N–H and O–H groups in total. The van der Waals surface area contributed by atoms with Crippen molar-refractivity contribution in [3.05, 3.63) is 17.5 Å². The maximum atomic E-state index is 11.2. The monoisotopic (exact) mass is 178 g/mol. The van der Waals surface area contributed by atoms with Gasteiger partial charge in [0.1, 0.15) is 5.69 Å². The van der Waals surface area contributed by atoms with E-state index in [1.807, 2.05) is 20.8 Å². The first-order valence-corrected chi connectivity index (χ1v) is 4.23. The Labute approximate surface area is 77.9 Å². The lowest BCUT2D eigenvalue weighted by atomic mass is 10.2. The van der Waals surface area contributed by atoms with Gasteiger partial charge >= 0.3 is 0 Å². The fourth-order valence-corrected chi connectivity index (χ4v) is 1.15. The highest BCUT2D eigenvalue weighted by Crippen LogP contribution is 2.23. The van der Waals surface area contributed by atoms with Crippen molar-refractivity contribution in [2.75, 3.05) is 0 Å². The summed E-state index contributed by atoms with van der Waals surface area (Å²) in [5.41, 5.74) is 3.32. The van der Waals surface area contributed by atoms with Crippen molar-refractivity contribution in [2.24, 2.45) is 4.99 Å². The molecule has 0 atom stereocenters. The average Bonchev–Trinajstić information content (AvgIpc) is 2.32. The molecule has 1 rings (SSSR count). The van der Waals surface area contributed by atoms with Crippen molar-refractivity contribution < 1.29 is 4.79 Å². The first-order valence-electron chi connectivity index (χ1n) is 4.23. The molecular weight excluding hydrogens is 164 g/mol. The molecule has 0 saturated heterocycles. The van der Waals surface area contributed by atoms with E-state index in [0.29, 0.717) is 5.69 Å². The second-order valence-electron chi connectivity index (χ2n) is 3.31. The van der Waals surface area contributed by atoms with Gasteiger partial charge in [-0.1, -0.05) is 0 Å². The van der Waals surface area contributed by atoms with Gasteiger partial charge in [-0.25, -0.2) is 0 Å². The fraction of sp³-hybridized carbons (Fsp3) is 0.400. The molecule has 13 heavy (non-hydrogen) atoms. The zero-order chi connectivity index (χ0) is 10.0. The van der Waals surface area contributed by atoms with Gasteiger partial charge in [0.05, 0.1) is 5.69 Å². The van der Waals surface area contributed by atoms with E-state index in [0.717, 1.165) is 17.0 Å². The SMILES string of the molecule is CC(=O)c1[nH]cc(C)c1N=C(C)C. The lowest BCUT2D eigenvalue weighted by Crippen LogP contribution is -1.92. The summed E-state index contributed by atoms with van der Waals surface area (Å²) in [7, 11) is 0. The number of aliphatic imine (C=N–C) groups is 1. The number of hydrogen-bond acceptors (Lipinski definition) is 2. The third-order valence-electron chi connectivity index (χ3n) is 1.73. The Hall–Kier alpha value is -1.38. The van der Waals surface area contributed by atoms with Crippen LogP contribution >= 0.6 is 0 Å². The van der Waals surface area contributed by atoms with Crippen molar-refractivity contribution in [3.8, 4) is 0 Å². The van der Waals surface area contributed by atoms with Crippen LogP contribution < -0.4 is 0 Å². The van der Waals surface area contributed by atoms with Gasteiger partial charge in [0.25, 0.3) is 0 Å². The summed E-state index contributed by atoms with van der Waals surface area (Å²) < 4.78 is 0. The van der Waals surface area contributed by atoms with Gasteiger partial charge in [-0.3, -0.25) is 9.79 Å². The van der Waals surface area contributed by atoms with Crippen molar-refractivity contribution in [1.29, 1.82) is 0 Å². The van der Waals surface area contributed by atoms with E-state index in [2.05, 4.69) is 9.98 Å². The summed E-state index contributed by atoms with van der Waals surface area (Å²) in [4.78, 5) is 18.4. The van der Waals surface area contributed by atoms with Crippen LogP contribution in [-0.2, 0) is 0 Å². The molecule has 0 bridgehead atoms. The van der Waals surface area contributed by atoms with Crippen LogP contribution in [0.25, 0.3) is 0 Å². The quantitative estimate of drug-likeness (QED) is 0.549. The Kier molecular flexibility index (Phi) is 2.66. The zero-order valence-electron chi connectivity index (χ0n) is 8.43. The molecule has 1 heterocycles. The number of aryl methyl sites for hydroxylation is 1. The highest BCUT2D eigenvalue weighted by Gasteiger charge is 2.10. The molecule has 0 aliphatic rings. The van der Waals surface area contributed by atoms with Gasteiger partial charge in [-0.15, -0.1) is 0 Å². The number of carbonyl (C=O) groups excluding carboxylic acids is 1. The smallest absolute Gasteiger partial charge is 0.178 e. The van der Waals surface area contributed by atoms with Crippen LogP contribution in [0.4, 0.5) is 5.69 Å². The van der Waals surface area contributed by atoms with E-state index in [1.54, 1.807) is 6.20 Å². The average molecular weight is 178 g/mol. The Balaban J connectivity index is 3.24. The third-order valence-corrected chi connectivity index (χ3v) is 1.73. The Bertz CT molecular complexity index is 357. The molecule has 0 unspecified atom stereocenters. The molecule has 70 valence electrons. The van der Waals surface area contributed by atoms with Crippen LogP contribution in [0.5, 0.6) is 0 Å². The number of aromatic amines is 1. The minimum absolute atomic E-state index is 0.0214. The summed E-state index contributed by atoms with van der Waals surface area (Å²) in [5, 5.41) is 0. The first kappa shape index (κ1) is 9.71. The van der Waals surface area contributed by atoms with Crippen LogP contribution in [0.1, 0.15) is 36.8 Å². The van der Waals surface area contributed by atoms with Gasteiger partial charge in [0, 0.05) is 18.8 Å². The lowest BCUT2D eigenvalue weighted by Gasteiger charge is -1.96. The zero-order valence-corrected chi connectivity index (χ0v) is 8.43. The van der Waals surface area contributed by atoms with Gasteiger partial charge in [-0.05, 0) is 26.3 Å². The summed E-state index contributed by atoms with van der Waals surface area (Å²) in [6.07, 6.45) is 1.80. The molecule has 0 fully saturated rings. The Morgan fingerprint density at radius 1 is 1.38 bits per heavy atom. The van der Waals surface area contributed by atoms with Gasteiger partial charge in [0.15, 0.2) is 5.78 Å². The second kappa shape index (κ2) is 3.56. The standard InChI is InChI=1S/C10H14N2O/c1-6(2)12-9-7(3)5-11-10(9)8(4)13/h5,11H,1-4H3. The molecule has 0 radical (unpaired) electrons. The molecule has 0 saturated carbocycles. The van der Waals surface area contributed by atoms with Crippen LogP contribution in [0.2, 0.25) is 0 Å². The number of aromatic nitrogens is 1. The summed E-state index contributed by atoms with van der Waals surface area (Å²) in [6.45, 7) is 7.30. The highest BCUT2D eigenvalue weighted by atomic mass is 16.1. The molecule has 0 aromatic carbocycles. The van der Waals surface area contributed by atoms with Gasteiger partial charge < -0.3 is 4.98 Å². The van der Waals surface area contributed by atoms with Crippen LogP contribution in [0, 0.1) is 6.92 Å². The topological polar surface area (TPSA) is 45.2 Å². The minimum Gasteiger partial charge on any atom is -0.357 e. The highest BCUT2D eigenvalue weighted by molar-refractivity contribution is 5.99. The molecule has 1 aromatic heterocycles. The number of carbonyl (C=O) groups is 1. The summed E-state index contributed by atoms with van der Waals surface area (Å²) in [5.74, 6) is 0.0214. The maximum absolute atomic E-state index is 11.2. The Morgan fingerprint density at radius 3 is 2.46 bits per heavy atom. The number of ketones is 1. The van der Waals surface area contributed by atoms with E-state index in [9.17, 15) is 4.79 Å². The number of nitrogens with one attached hydrogen (secondary N) is 1. The number of nitrogens with zero attached hydrogens (tertiary/aromatic N) is 1. The van der Waals surface area contributed by atoms with Crippen molar-refractivity contribution >= 4 is 17.2 Å². The molecule has 3 heteroatoms. The largest absolute Gasteiger partial charge is 0.357 e. The van der Waals surface area contributed by atoms with E-state index in [4.69, 9.17) is 0 Å². The normalized spacial score (nSPS) is 9.85. The molecular formula is C10H14N2O. The summed E-state index contributed by atoms with van der Waals surface area (Å²) >= 11 is 0. The molecule has 0 aliphatic heterocycles. The van der Waals surface area contributed by atoms with Crippen LogP contribution in [-0.4, -0.2) is 16.5 Å². The van der Waals surface area contributed by atoms with E-state index in [1.165, 1.54) is 6.92 Å². The van der Waals surface area contributed by atoms with Crippen molar-refractivity contribution in [2.45, 2.75) is 27.7 Å². The van der Waals surface area contributed by atoms with Crippen LogP contribution in [0.3, 0.4) is 0 Å². The second-order valence-corrected chi connectivity index (χ2v) is 3.31. The predicted octanol–water partition coefficient (Wildman–Crippen LogP) is 2.64. The molecule has 0 spiro atoms. The fourth-order valence-electron chi connectivity index (χ4n) is 1.15. The number of H-pyrrole nitrogens is 1. The number of rotatable bonds is 2. The number of Topliss-reactive ketones (excluding diaryl/α,β-unsaturated/α-hetero) is 1. The van der Waals surface area contributed by atoms with E-state index >= 15 is 0 Å². The van der Waals surface area contributed by atoms with Crippen molar-refractivity contribution in [1.82, 2.24) is 4.98 Å². The van der Waals surface area contributed by atoms with Gasteiger partial charge in [0.2, 0.25) is 0 Å².